The van der Waals surface area contributed by atoms with E-state index < -0.39 is 10.9 Å². The number of carbonyl (C=O) groups is 1. The average molecular weight is 278 g/mol. The molecule has 0 spiro atoms. The molecular formula is C14H18N2O4. The van der Waals surface area contributed by atoms with Crippen LogP contribution in [0.25, 0.3) is 0 Å². The fourth-order valence-electron chi connectivity index (χ4n) is 2.76. The highest BCUT2D eigenvalue weighted by Crippen LogP contribution is 2.32. The van der Waals surface area contributed by atoms with Crippen LogP contribution >= 0.6 is 0 Å². The van der Waals surface area contributed by atoms with Gasteiger partial charge in [-0.3, -0.25) is 10.1 Å². The van der Waals surface area contributed by atoms with Gasteiger partial charge in [-0.15, -0.1) is 0 Å². The van der Waals surface area contributed by atoms with E-state index in [1.807, 2.05) is 6.92 Å². The van der Waals surface area contributed by atoms with E-state index in [-0.39, 0.29) is 17.3 Å². The lowest BCUT2D eigenvalue weighted by atomic mass is 9.99. The van der Waals surface area contributed by atoms with Crippen LogP contribution in [-0.2, 0) is 0 Å². The molecule has 0 saturated heterocycles. The lowest BCUT2D eigenvalue weighted by Crippen LogP contribution is -2.24. The number of anilines is 1. The van der Waals surface area contributed by atoms with Crippen LogP contribution in [0.1, 0.15) is 43.0 Å². The molecule has 0 aliphatic heterocycles. The maximum Gasteiger partial charge on any atom is 0.335 e. The lowest BCUT2D eigenvalue weighted by molar-refractivity contribution is -0.384. The highest BCUT2D eigenvalue weighted by atomic mass is 16.6. The fraction of sp³-hybridized carbons (Fsp3) is 0.500. The number of nitrogens with one attached hydrogen (secondary N) is 1. The number of nitrogens with zero attached hydrogens (tertiary/aromatic N) is 1. The highest BCUT2D eigenvalue weighted by molar-refractivity contribution is 5.89. The third kappa shape index (κ3) is 3.07. The van der Waals surface area contributed by atoms with E-state index in [2.05, 4.69) is 5.32 Å². The van der Waals surface area contributed by atoms with Gasteiger partial charge in [-0.25, -0.2) is 4.79 Å². The summed E-state index contributed by atoms with van der Waals surface area (Å²) in [7, 11) is 0. The molecule has 0 aromatic heterocycles. The minimum absolute atomic E-state index is 0.0734. The predicted molar refractivity (Wildman–Crippen MR) is 75.1 cm³/mol. The first-order valence-electron chi connectivity index (χ1n) is 6.77. The second-order valence-corrected chi connectivity index (χ2v) is 5.27. The van der Waals surface area contributed by atoms with Crippen LogP contribution in [0, 0.1) is 16.0 Å². The Balaban J connectivity index is 2.21. The van der Waals surface area contributed by atoms with Crippen LogP contribution in [0.3, 0.4) is 0 Å². The van der Waals surface area contributed by atoms with Crippen molar-refractivity contribution >= 4 is 17.3 Å². The van der Waals surface area contributed by atoms with Crippen LogP contribution in [0.5, 0.6) is 0 Å². The Morgan fingerprint density at radius 3 is 2.65 bits per heavy atom. The van der Waals surface area contributed by atoms with Gasteiger partial charge >= 0.3 is 5.97 Å². The van der Waals surface area contributed by atoms with Gasteiger partial charge in [-0.1, -0.05) is 12.8 Å². The quantitative estimate of drug-likeness (QED) is 0.637. The summed E-state index contributed by atoms with van der Waals surface area (Å²) in [6, 6.07) is 4.12. The molecule has 6 heteroatoms. The lowest BCUT2D eigenvalue weighted by Gasteiger charge is -2.21. The summed E-state index contributed by atoms with van der Waals surface area (Å²) in [5, 5.41) is 23.1. The van der Waals surface area contributed by atoms with Gasteiger partial charge in [-0.2, -0.15) is 0 Å². The molecule has 1 fully saturated rings. The zero-order valence-electron chi connectivity index (χ0n) is 11.3. The number of rotatable bonds is 5. The van der Waals surface area contributed by atoms with Crippen molar-refractivity contribution in [3.8, 4) is 0 Å². The van der Waals surface area contributed by atoms with Gasteiger partial charge in [0.2, 0.25) is 0 Å². The summed E-state index contributed by atoms with van der Waals surface area (Å²) < 4.78 is 0. The first-order valence-corrected chi connectivity index (χ1v) is 6.77. The summed E-state index contributed by atoms with van der Waals surface area (Å²) in [4.78, 5) is 21.4. The van der Waals surface area contributed by atoms with E-state index in [1.165, 1.54) is 25.0 Å². The second kappa shape index (κ2) is 5.90. The van der Waals surface area contributed by atoms with Gasteiger partial charge in [-0.05, 0) is 37.8 Å². The first-order chi connectivity index (χ1) is 9.49. The molecule has 20 heavy (non-hydrogen) atoms. The monoisotopic (exact) mass is 278 g/mol. The average Bonchev–Trinajstić information content (AvgIpc) is 2.92. The molecule has 1 atom stereocenters. The van der Waals surface area contributed by atoms with Crippen molar-refractivity contribution < 1.29 is 14.8 Å². The van der Waals surface area contributed by atoms with E-state index in [4.69, 9.17) is 5.11 Å². The summed E-state index contributed by atoms with van der Waals surface area (Å²) in [6.07, 6.45) is 4.68. The summed E-state index contributed by atoms with van der Waals surface area (Å²) in [6.45, 7) is 2.02. The number of hydrogen-bond donors (Lipinski definition) is 2. The summed E-state index contributed by atoms with van der Waals surface area (Å²) >= 11 is 0. The molecular weight excluding hydrogens is 260 g/mol. The molecule has 0 amide bonds. The van der Waals surface area contributed by atoms with Crippen LogP contribution in [0.4, 0.5) is 11.4 Å². The standard InChI is InChI=1S/C14H18N2O4/c1-9(10-4-2-3-5-10)15-12-7-6-11(14(17)18)8-13(12)16(19)20/h6-10,15H,2-5H2,1H3,(H,17,18). The molecule has 0 radical (unpaired) electrons. The van der Waals surface area contributed by atoms with Gasteiger partial charge < -0.3 is 10.4 Å². The molecule has 1 aliphatic carbocycles. The van der Waals surface area contributed by atoms with Crippen molar-refractivity contribution in [3.05, 3.63) is 33.9 Å². The molecule has 108 valence electrons. The van der Waals surface area contributed by atoms with Crippen LogP contribution in [-0.4, -0.2) is 22.0 Å². The zero-order chi connectivity index (χ0) is 14.7. The van der Waals surface area contributed by atoms with Gasteiger partial charge in [0.25, 0.3) is 5.69 Å². The minimum Gasteiger partial charge on any atom is -0.478 e. The van der Waals surface area contributed by atoms with Crippen molar-refractivity contribution in [2.45, 2.75) is 38.6 Å². The van der Waals surface area contributed by atoms with Gasteiger partial charge in [0.05, 0.1) is 10.5 Å². The topological polar surface area (TPSA) is 92.5 Å². The van der Waals surface area contributed by atoms with Gasteiger partial charge in [0, 0.05) is 12.1 Å². The molecule has 1 aromatic rings. The molecule has 1 aromatic carbocycles. The SMILES string of the molecule is CC(Nc1ccc(C(=O)O)cc1[N+](=O)[O-])C1CCCC1. The summed E-state index contributed by atoms with van der Waals surface area (Å²) in [5.74, 6) is -0.641. The Bertz CT molecular complexity index is 524. The third-order valence-electron chi connectivity index (χ3n) is 3.93. The number of carboxylic acid groups (broad SMARTS) is 1. The smallest absolute Gasteiger partial charge is 0.335 e. The molecule has 2 N–H and O–H groups in total. The normalized spacial score (nSPS) is 16.9. The Labute approximate surface area is 117 Å². The number of benzene rings is 1. The molecule has 1 saturated carbocycles. The van der Waals surface area contributed by atoms with Crippen molar-refractivity contribution in [2.24, 2.45) is 5.92 Å². The summed E-state index contributed by atoms with van der Waals surface area (Å²) in [5.41, 5.74) is 0.130. The molecule has 1 aliphatic rings. The Morgan fingerprint density at radius 1 is 1.45 bits per heavy atom. The predicted octanol–water partition coefficient (Wildman–Crippen LogP) is 3.28. The maximum absolute atomic E-state index is 11.1. The zero-order valence-corrected chi connectivity index (χ0v) is 11.3. The van der Waals surface area contributed by atoms with Gasteiger partial charge in [0.1, 0.15) is 5.69 Å². The molecule has 0 bridgehead atoms. The number of carboxylic acids is 1. The third-order valence-corrected chi connectivity index (χ3v) is 3.93. The second-order valence-electron chi connectivity index (χ2n) is 5.27. The van der Waals surface area contributed by atoms with Crippen LogP contribution < -0.4 is 5.32 Å². The number of nitro benzene ring substituents is 1. The number of aromatic carboxylic acids is 1. The number of nitro groups is 1. The Kier molecular flexibility index (Phi) is 4.22. The number of hydrogen-bond acceptors (Lipinski definition) is 4. The Hall–Kier alpha value is -2.11. The molecule has 2 rings (SSSR count). The fourth-order valence-corrected chi connectivity index (χ4v) is 2.76. The minimum atomic E-state index is -1.16. The molecule has 1 unspecified atom stereocenters. The van der Waals surface area contributed by atoms with Crippen molar-refractivity contribution in [1.29, 1.82) is 0 Å². The van der Waals surface area contributed by atoms with E-state index in [9.17, 15) is 14.9 Å². The van der Waals surface area contributed by atoms with Crippen LogP contribution in [0.15, 0.2) is 18.2 Å². The largest absolute Gasteiger partial charge is 0.478 e. The van der Waals surface area contributed by atoms with E-state index >= 15 is 0 Å². The first kappa shape index (κ1) is 14.3. The molecule has 6 nitrogen and oxygen atoms in total. The van der Waals surface area contributed by atoms with Crippen LogP contribution in [0.2, 0.25) is 0 Å². The maximum atomic E-state index is 11.1. The van der Waals surface area contributed by atoms with Crippen molar-refractivity contribution in [2.75, 3.05) is 5.32 Å². The van der Waals surface area contributed by atoms with E-state index in [1.54, 1.807) is 0 Å². The van der Waals surface area contributed by atoms with Crippen molar-refractivity contribution in [1.82, 2.24) is 0 Å². The highest BCUT2D eigenvalue weighted by Gasteiger charge is 2.24. The Morgan fingerprint density at radius 2 is 2.10 bits per heavy atom. The molecule has 0 heterocycles. The van der Waals surface area contributed by atoms with Gasteiger partial charge in [0.15, 0.2) is 0 Å². The van der Waals surface area contributed by atoms with Crippen molar-refractivity contribution in [3.63, 3.8) is 0 Å². The van der Waals surface area contributed by atoms with E-state index in [0.29, 0.717) is 11.6 Å². The van der Waals surface area contributed by atoms with E-state index in [0.717, 1.165) is 18.9 Å².